The van der Waals surface area contributed by atoms with Gasteiger partial charge < -0.3 is 5.73 Å². The van der Waals surface area contributed by atoms with E-state index in [1.807, 2.05) is 0 Å². The Morgan fingerprint density at radius 2 is 2.33 bits per heavy atom. The second-order valence-electron chi connectivity index (χ2n) is 2.72. The van der Waals surface area contributed by atoms with E-state index in [2.05, 4.69) is 26.0 Å². The van der Waals surface area contributed by atoms with Crippen LogP contribution in [0.3, 0.4) is 0 Å². The highest BCUT2D eigenvalue weighted by Crippen LogP contribution is 2.18. The Morgan fingerprint density at radius 3 is 2.78 bits per heavy atom. The fourth-order valence-electron chi connectivity index (χ4n) is 1.06. The topological polar surface area (TPSA) is 26.0 Å². The summed E-state index contributed by atoms with van der Waals surface area (Å²) in [6.45, 7) is 4.26. The molecule has 0 bridgehead atoms. The number of hydrogen-bond donors (Lipinski definition) is 1. The smallest absolute Gasteiger partial charge is 0.0300 e. The highest BCUT2D eigenvalue weighted by molar-refractivity contribution is 5.29. The van der Waals surface area contributed by atoms with Gasteiger partial charge in [-0.15, -0.1) is 0 Å². The average molecular weight is 123 g/mol. The van der Waals surface area contributed by atoms with Gasteiger partial charge in [-0.3, -0.25) is 0 Å². The van der Waals surface area contributed by atoms with E-state index >= 15 is 0 Å². The number of rotatable bonds is 0. The van der Waals surface area contributed by atoms with Crippen molar-refractivity contribution in [1.29, 1.82) is 0 Å². The van der Waals surface area contributed by atoms with Crippen LogP contribution in [0.5, 0.6) is 0 Å². The van der Waals surface area contributed by atoms with Crippen molar-refractivity contribution in [2.24, 2.45) is 11.7 Å². The molecular formula is C8H13N. The summed E-state index contributed by atoms with van der Waals surface area (Å²) in [7, 11) is 0. The number of nitrogens with two attached hydrogens (primary N) is 1. The molecule has 1 rings (SSSR count). The Bertz CT molecular complexity index is 165. The zero-order valence-corrected chi connectivity index (χ0v) is 6.02. The van der Waals surface area contributed by atoms with Crippen LogP contribution >= 0.6 is 0 Å². The third kappa shape index (κ3) is 1.35. The predicted octanol–water partition coefficient (Wildman–Crippen LogP) is 1.82. The quantitative estimate of drug-likeness (QED) is 0.522. The van der Waals surface area contributed by atoms with Crippen molar-refractivity contribution < 1.29 is 0 Å². The van der Waals surface area contributed by atoms with Gasteiger partial charge in [0.1, 0.15) is 0 Å². The van der Waals surface area contributed by atoms with Gasteiger partial charge in [0.15, 0.2) is 0 Å². The SMILES string of the molecule is CC1=CC(C)CC=C1N. The zero-order chi connectivity index (χ0) is 6.85. The van der Waals surface area contributed by atoms with Gasteiger partial charge in [-0.25, -0.2) is 0 Å². The third-order valence-electron chi connectivity index (χ3n) is 1.70. The van der Waals surface area contributed by atoms with Crippen molar-refractivity contribution in [3.05, 3.63) is 23.4 Å². The van der Waals surface area contributed by atoms with E-state index in [1.54, 1.807) is 0 Å². The van der Waals surface area contributed by atoms with Gasteiger partial charge in [-0.2, -0.15) is 0 Å². The molecule has 0 aliphatic heterocycles. The van der Waals surface area contributed by atoms with Crippen LogP contribution in [0.2, 0.25) is 0 Å². The van der Waals surface area contributed by atoms with E-state index in [0.29, 0.717) is 5.92 Å². The summed E-state index contributed by atoms with van der Waals surface area (Å²) in [4.78, 5) is 0. The van der Waals surface area contributed by atoms with Crippen LogP contribution in [0.4, 0.5) is 0 Å². The predicted molar refractivity (Wildman–Crippen MR) is 39.8 cm³/mol. The van der Waals surface area contributed by atoms with Crippen molar-refractivity contribution in [3.8, 4) is 0 Å². The first-order valence-corrected chi connectivity index (χ1v) is 3.34. The summed E-state index contributed by atoms with van der Waals surface area (Å²) < 4.78 is 0. The maximum atomic E-state index is 5.63. The van der Waals surface area contributed by atoms with Crippen LogP contribution in [-0.2, 0) is 0 Å². The van der Waals surface area contributed by atoms with Crippen molar-refractivity contribution in [2.75, 3.05) is 0 Å². The molecule has 1 aliphatic rings. The Kier molecular flexibility index (Phi) is 1.60. The van der Waals surface area contributed by atoms with Crippen LogP contribution < -0.4 is 5.73 Å². The third-order valence-corrected chi connectivity index (χ3v) is 1.70. The minimum Gasteiger partial charge on any atom is -0.399 e. The molecule has 2 N–H and O–H groups in total. The standard InChI is InChI=1S/C8H13N/c1-6-3-4-8(9)7(2)5-6/h4-6H,3,9H2,1-2H3. The Morgan fingerprint density at radius 1 is 1.67 bits per heavy atom. The second-order valence-corrected chi connectivity index (χ2v) is 2.72. The molecule has 0 heterocycles. The van der Waals surface area contributed by atoms with Crippen LogP contribution in [0, 0.1) is 5.92 Å². The largest absolute Gasteiger partial charge is 0.399 e. The molecule has 0 saturated carbocycles. The van der Waals surface area contributed by atoms with E-state index in [9.17, 15) is 0 Å². The van der Waals surface area contributed by atoms with Crippen LogP contribution in [0.1, 0.15) is 20.3 Å². The maximum absolute atomic E-state index is 5.63. The maximum Gasteiger partial charge on any atom is 0.0300 e. The van der Waals surface area contributed by atoms with E-state index in [-0.39, 0.29) is 0 Å². The highest BCUT2D eigenvalue weighted by Gasteiger charge is 2.04. The molecule has 0 fully saturated rings. The van der Waals surface area contributed by atoms with E-state index in [1.165, 1.54) is 5.57 Å². The molecule has 0 radical (unpaired) electrons. The van der Waals surface area contributed by atoms with Crippen molar-refractivity contribution in [3.63, 3.8) is 0 Å². The first-order valence-electron chi connectivity index (χ1n) is 3.34. The summed E-state index contributed by atoms with van der Waals surface area (Å²) in [6, 6.07) is 0. The Labute approximate surface area is 56.2 Å². The molecule has 1 aliphatic carbocycles. The molecule has 0 spiro atoms. The van der Waals surface area contributed by atoms with Gasteiger partial charge in [-0.05, 0) is 24.8 Å². The summed E-state index contributed by atoms with van der Waals surface area (Å²) >= 11 is 0. The van der Waals surface area contributed by atoms with Crippen LogP contribution in [-0.4, -0.2) is 0 Å². The van der Waals surface area contributed by atoms with E-state index in [0.717, 1.165) is 12.1 Å². The first-order chi connectivity index (χ1) is 4.20. The lowest BCUT2D eigenvalue weighted by atomic mass is 9.97. The summed E-state index contributed by atoms with van der Waals surface area (Å²) in [6.07, 6.45) is 5.42. The summed E-state index contributed by atoms with van der Waals surface area (Å²) in [5.74, 6) is 0.678. The summed E-state index contributed by atoms with van der Waals surface area (Å²) in [5, 5.41) is 0. The molecule has 50 valence electrons. The highest BCUT2D eigenvalue weighted by atomic mass is 14.6. The van der Waals surface area contributed by atoms with Gasteiger partial charge in [0, 0.05) is 5.70 Å². The monoisotopic (exact) mass is 123 g/mol. The second kappa shape index (κ2) is 2.26. The molecule has 0 aromatic heterocycles. The van der Waals surface area contributed by atoms with Gasteiger partial charge in [0.25, 0.3) is 0 Å². The van der Waals surface area contributed by atoms with Crippen LogP contribution in [0.15, 0.2) is 23.4 Å². The fraction of sp³-hybridized carbons (Fsp3) is 0.500. The molecule has 1 atom stereocenters. The van der Waals surface area contributed by atoms with Crippen molar-refractivity contribution in [1.82, 2.24) is 0 Å². The molecule has 0 aromatic carbocycles. The molecule has 0 aromatic rings. The normalized spacial score (nSPS) is 27.1. The number of hydrogen-bond acceptors (Lipinski definition) is 1. The molecule has 1 heteroatoms. The molecule has 1 nitrogen and oxygen atoms in total. The fourth-order valence-corrected chi connectivity index (χ4v) is 1.06. The lowest BCUT2D eigenvalue weighted by Crippen LogP contribution is -2.05. The van der Waals surface area contributed by atoms with E-state index < -0.39 is 0 Å². The molecule has 9 heavy (non-hydrogen) atoms. The van der Waals surface area contributed by atoms with Crippen molar-refractivity contribution >= 4 is 0 Å². The first kappa shape index (κ1) is 6.40. The number of allylic oxidation sites excluding steroid dienone is 3. The van der Waals surface area contributed by atoms with Crippen molar-refractivity contribution in [2.45, 2.75) is 20.3 Å². The lowest BCUT2D eigenvalue weighted by molar-refractivity contribution is 0.720. The van der Waals surface area contributed by atoms with Crippen LogP contribution in [0.25, 0.3) is 0 Å². The molecule has 0 saturated heterocycles. The minimum absolute atomic E-state index is 0.678. The molecule has 0 amide bonds. The Hall–Kier alpha value is -0.720. The lowest BCUT2D eigenvalue weighted by Gasteiger charge is -2.12. The summed E-state index contributed by atoms with van der Waals surface area (Å²) in [5.41, 5.74) is 7.82. The average Bonchev–Trinajstić information content (AvgIpc) is 1.80. The van der Waals surface area contributed by atoms with Gasteiger partial charge in [0.05, 0.1) is 0 Å². The zero-order valence-electron chi connectivity index (χ0n) is 6.02. The minimum atomic E-state index is 0.678. The molecule has 1 unspecified atom stereocenters. The van der Waals surface area contributed by atoms with E-state index in [4.69, 9.17) is 5.73 Å². The Balaban J connectivity index is 2.75. The van der Waals surface area contributed by atoms with Gasteiger partial charge in [0.2, 0.25) is 0 Å². The van der Waals surface area contributed by atoms with Gasteiger partial charge >= 0.3 is 0 Å². The van der Waals surface area contributed by atoms with Gasteiger partial charge in [-0.1, -0.05) is 19.1 Å². The molecular weight excluding hydrogens is 110 g/mol.